The van der Waals surface area contributed by atoms with Crippen molar-refractivity contribution in [2.45, 2.75) is 13.3 Å². The van der Waals surface area contributed by atoms with Crippen LogP contribution in [-0.2, 0) is 0 Å². The van der Waals surface area contributed by atoms with Crippen molar-refractivity contribution in [2.75, 3.05) is 0 Å². The van der Waals surface area contributed by atoms with Crippen molar-refractivity contribution >= 4 is 28.7 Å². The Labute approximate surface area is 193 Å². The van der Waals surface area contributed by atoms with Gasteiger partial charge in [-0.3, -0.25) is 4.57 Å². The van der Waals surface area contributed by atoms with E-state index < -0.39 is 0 Å². The molecule has 0 bridgehead atoms. The maximum atomic E-state index is 6.46. The van der Waals surface area contributed by atoms with Crippen LogP contribution >= 0.6 is 11.6 Å². The van der Waals surface area contributed by atoms with E-state index in [0.29, 0.717) is 0 Å². The monoisotopic (exact) mass is 434 g/mol. The summed E-state index contributed by atoms with van der Waals surface area (Å²) in [7, 11) is 0. The van der Waals surface area contributed by atoms with Gasteiger partial charge in [0.05, 0.1) is 11.0 Å². The summed E-state index contributed by atoms with van der Waals surface area (Å²) in [5.41, 5.74) is 7.54. The van der Waals surface area contributed by atoms with Crippen molar-refractivity contribution in [1.82, 2.24) is 9.55 Å². The zero-order chi connectivity index (χ0) is 21.9. The Kier molecular flexibility index (Phi) is 5.62. The van der Waals surface area contributed by atoms with Gasteiger partial charge in [-0.15, -0.1) is 0 Å². The van der Waals surface area contributed by atoms with Gasteiger partial charge in [0.25, 0.3) is 0 Å². The van der Waals surface area contributed by atoms with Gasteiger partial charge in [-0.1, -0.05) is 97.4 Å². The van der Waals surface area contributed by atoms with Gasteiger partial charge in [-0.05, 0) is 47.9 Å². The van der Waals surface area contributed by atoms with Gasteiger partial charge in [0.1, 0.15) is 5.82 Å². The van der Waals surface area contributed by atoms with Crippen LogP contribution in [0.2, 0.25) is 5.02 Å². The number of nitrogens with zero attached hydrogens (tertiary/aromatic N) is 2. The van der Waals surface area contributed by atoms with E-state index in [0.717, 1.165) is 56.2 Å². The normalized spacial score (nSPS) is 11.4. The molecular weight excluding hydrogens is 412 g/mol. The molecule has 0 aliphatic rings. The number of hydrogen-bond donors (Lipinski definition) is 0. The summed E-state index contributed by atoms with van der Waals surface area (Å²) in [6, 6.07) is 33.2. The standard InChI is InChI=1S/C29H23ClN2/c1-2-3-11-21-18-19-23(30)20-26(21)25-16-10-17-27-28(25)32(24-14-8-5-9-15-24)29(31-27)22-12-6-4-7-13-22/h3-20H,2H2,1H3/b11-3-. The second kappa shape index (κ2) is 8.86. The Morgan fingerprint density at radius 2 is 1.56 bits per heavy atom. The highest BCUT2D eigenvalue weighted by atomic mass is 35.5. The van der Waals surface area contributed by atoms with Crippen molar-refractivity contribution in [1.29, 1.82) is 0 Å². The predicted molar refractivity (Wildman–Crippen MR) is 136 cm³/mol. The minimum Gasteiger partial charge on any atom is -0.292 e. The van der Waals surface area contributed by atoms with Gasteiger partial charge < -0.3 is 0 Å². The van der Waals surface area contributed by atoms with Crippen LogP contribution in [0.3, 0.4) is 0 Å². The van der Waals surface area contributed by atoms with E-state index in [-0.39, 0.29) is 0 Å². The van der Waals surface area contributed by atoms with Crippen LogP contribution in [0.4, 0.5) is 0 Å². The molecule has 0 aliphatic carbocycles. The number of rotatable bonds is 5. The van der Waals surface area contributed by atoms with Gasteiger partial charge in [-0.2, -0.15) is 0 Å². The average molecular weight is 435 g/mol. The Bertz CT molecular complexity index is 1400. The van der Waals surface area contributed by atoms with Gasteiger partial charge in [-0.25, -0.2) is 4.98 Å². The fourth-order valence-electron chi connectivity index (χ4n) is 4.11. The van der Waals surface area contributed by atoms with E-state index in [1.807, 2.05) is 18.2 Å². The number of fused-ring (bicyclic) bond motifs is 1. The predicted octanol–water partition coefficient (Wildman–Crippen LogP) is 8.44. The average Bonchev–Trinajstić information content (AvgIpc) is 3.24. The highest BCUT2D eigenvalue weighted by molar-refractivity contribution is 6.31. The summed E-state index contributed by atoms with van der Waals surface area (Å²) in [5, 5.41) is 0.722. The molecule has 0 spiro atoms. The molecule has 0 radical (unpaired) electrons. The number of imidazole rings is 1. The third-order valence-electron chi connectivity index (χ3n) is 5.56. The molecule has 5 aromatic rings. The number of aromatic nitrogens is 2. The van der Waals surface area contributed by atoms with Crippen molar-refractivity contribution in [3.63, 3.8) is 0 Å². The molecule has 0 saturated carbocycles. The number of halogens is 1. The topological polar surface area (TPSA) is 17.8 Å². The highest BCUT2D eigenvalue weighted by Gasteiger charge is 2.19. The first-order valence-electron chi connectivity index (χ1n) is 10.8. The van der Waals surface area contributed by atoms with Crippen LogP contribution in [0.1, 0.15) is 18.9 Å². The molecule has 2 nitrogen and oxygen atoms in total. The van der Waals surface area contributed by atoms with Gasteiger partial charge >= 0.3 is 0 Å². The van der Waals surface area contributed by atoms with Gasteiger partial charge in [0.2, 0.25) is 0 Å². The molecule has 0 unspecified atom stereocenters. The van der Waals surface area contributed by atoms with Crippen LogP contribution in [0.5, 0.6) is 0 Å². The number of para-hydroxylation sites is 2. The highest BCUT2D eigenvalue weighted by Crippen LogP contribution is 2.37. The lowest BCUT2D eigenvalue weighted by Gasteiger charge is -2.14. The minimum atomic E-state index is 0.722. The van der Waals surface area contributed by atoms with E-state index in [1.54, 1.807) is 0 Å². The molecule has 0 saturated heterocycles. The molecule has 0 aliphatic heterocycles. The van der Waals surface area contributed by atoms with E-state index in [1.165, 1.54) is 0 Å². The zero-order valence-electron chi connectivity index (χ0n) is 17.9. The minimum absolute atomic E-state index is 0.722. The fraction of sp³-hybridized carbons (Fsp3) is 0.0690. The summed E-state index contributed by atoms with van der Waals surface area (Å²) in [6.07, 6.45) is 5.33. The number of allylic oxidation sites excluding steroid dienone is 1. The Morgan fingerprint density at radius 1 is 0.812 bits per heavy atom. The SMILES string of the molecule is CC/C=C\c1ccc(Cl)cc1-c1cccc2nc(-c3ccccc3)n(-c3ccccc3)c12. The van der Waals surface area contributed by atoms with Crippen LogP contribution in [0, 0.1) is 0 Å². The van der Waals surface area contributed by atoms with E-state index in [2.05, 4.69) is 103 Å². The molecule has 0 fully saturated rings. The molecule has 0 N–H and O–H groups in total. The molecule has 156 valence electrons. The smallest absolute Gasteiger partial charge is 0.145 e. The third-order valence-corrected chi connectivity index (χ3v) is 5.80. The summed E-state index contributed by atoms with van der Waals surface area (Å²) in [4.78, 5) is 5.07. The number of hydrogen-bond acceptors (Lipinski definition) is 1. The first-order chi connectivity index (χ1) is 15.8. The van der Waals surface area contributed by atoms with Gasteiger partial charge in [0, 0.05) is 21.8 Å². The molecular formula is C29H23ClN2. The molecule has 4 aromatic carbocycles. The summed E-state index contributed by atoms with van der Waals surface area (Å²) in [6.45, 7) is 2.14. The van der Waals surface area contributed by atoms with Crippen molar-refractivity contribution < 1.29 is 0 Å². The Hall–Kier alpha value is -3.62. The molecule has 1 heterocycles. The maximum Gasteiger partial charge on any atom is 0.145 e. The second-order valence-corrected chi connectivity index (χ2v) is 8.12. The molecule has 0 atom stereocenters. The quantitative estimate of drug-likeness (QED) is 0.271. The molecule has 1 aromatic heterocycles. The largest absolute Gasteiger partial charge is 0.292 e. The van der Waals surface area contributed by atoms with Crippen LogP contribution in [0.25, 0.3) is 45.3 Å². The van der Waals surface area contributed by atoms with Crippen molar-refractivity contribution in [3.8, 4) is 28.2 Å². The molecule has 0 amide bonds. The Morgan fingerprint density at radius 3 is 2.31 bits per heavy atom. The molecule has 5 rings (SSSR count). The molecule has 3 heteroatoms. The van der Waals surface area contributed by atoms with Crippen molar-refractivity contribution in [3.05, 3.63) is 114 Å². The number of benzene rings is 4. The maximum absolute atomic E-state index is 6.46. The van der Waals surface area contributed by atoms with E-state index >= 15 is 0 Å². The lowest BCUT2D eigenvalue weighted by molar-refractivity contribution is 1.10. The summed E-state index contributed by atoms with van der Waals surface area (Å²) >= 11 is 6.46. The second-order valence-electron chi connectivity index (χ2n) is 7.69. The first kappa shape index (κ1) is 20.3. The zero-order valence-corrected chi connectivity index (χ0v) is 18.6. The van der Waals surface area contributed by atoms with Crippen molar-refractivity contribution in [2.24, 2.45) is 0 Å². The van der Waals surface area contributed by atoms with E-state index in [9.17, 15) is 0 Å². The lowest BCUT2D eigenvalue weighted by Crippen LogP contribution is -1.99. The van der Waals surface area contributed by atoms with Gasteiger partial charge in [0.15, 0.2) is 0 Å². The first-order valence-corrected chi connectivity index (χ1v) is 11.2. The Balaban J connectivity index is 1.87. The fourth-order valence-corrected chi connectivity index (χ4v) is 4.28. The van der Waals surface area contributed by atoms with Crippen LogP contribution < -0.4 is 0 Å². The summed E-state index contributed by atoms with van der Waals surface area (Å²) < 4.78 is 2.26. The summed E-state index contributed by atoms with van der Waals surface area (Å²) in [5.74, 6) is 0.923. The van der Waals surface area contributed by atoms with Crippen LogP contribution in [-0.4, -0.2) is 9.55 Å². The molecule has 32 heavy (non-hydrogen) atoms. The van der Waals surface area contributed by atoms with E-state index in [4.69, 9.17) is 16.6 Å². The third kappa shape index (κ3) is 3.74. The van der Waals surface area contributed by atoms with Crippen LogP contribution in [0.15, 0.2) is 103 Å². The lowest BCUT2D eigenvalue weighted by atomic mass is 9.97.